The van der Waals surface area contributed by atoms with Gasteiger partial charge < -0.3 is 10.6 Å². The standard InChI is InChI=1S/C21H14Cl2N4OS/c22-11-7-14(23)13-9-18(25-17(13)8-11)20(28)26-15-4-2-1-3-12(15)21-27-16-5-6-24-10-19(16)29-21/h1-8,10,18,25H,9H2,(H,26,28). The van der Waals surface area contributed by atoms with Crippen LogP contribution in [-0.2, 0) is 11.2 Å². The Morgan fingerprint density at radius 3 is 2.93 bits per heavy atom. The molecule has 8 heteroatoms. The van der Waals surface area contributed by atoms with Gasteiger partial charge in [0.1, 0.15) is 11.0 Å². The Balaban J connectivity index is 1.42. The molecule has 4 aromatic rings. The fourth-order valence-corrected chi connectivity index (χ4v) is 4.98. The predicted octanol–water partition coefficient (Wildman–Crippen LogP) is 5.64. The van der Waals surface area contributed by atoms with E-state index in [1.807, 2.05) is 30.3 Å². The molecule has 0 saturated heterocycles. The molecule has 1 atom stereocenters. The summed E-state index contributed by atoms with van der Waals surface area (Å²) in [4.78, 5) is 21.8. The van der Waals surface area contributed by atoms with Gasteiger partial charge in [-0.05, 0) is 35.9 Å². The quantitative estimate of drug-likeness (QED) is 0.432. The number of thiazole rings is 1. The average molecular weight is 441 g/mol. The van der Waals surface area contributed by atoms with Crippen LogP contribution in [0, 0.1) is 0 Å². The summed E-state index contributed by atoms with van der Waals surface area (Å²) in [6.07, 6.45) is 4.03. The first-order valence-electron chi connectivity index (χ1n) is 8.94. The number of rotatable bonds is 3. The minimum Gasteiger partial charge on any atom is -0.373 e. The van der Waals surface area contributed by atoms with Gasteiger partial charge in [-0.2, -0.15) is 0 Å². The van der Waals surface area contributed by atoms with E-state index in [-0.39, 0.29) is 5.91 Å². The predicted molar refractivity (Wildman–Crippen MR) is 119 cm³/mol. The third kappa shape index (κ3) is 3.44. The molecule has 0 bridgehead atoms. The van der Waals surface area contributed by atoms with Crippen LogP contribution in [-0.4, -0.2) is 21.9 Å². The van der Waals surface area contributed by atoms with E-state index in [2.05, 4.69) is 20.6 Å². The normalized spacial score (nSPS) is 15.2. The number of amides is 1. The first-order valence-corrected chi connectivity index (χ1v) is 10.5. The van der Waals surface area contributed by atoms with Crippen molar-refractivity contribution in [2.75, 3.05) is 10.6 Å². The summed E-state index contributed by atoms with van der Waals surface area (Å²) < 4.78 is 1.00. The van der Waals surface area contributed by atoms with Gasteiger partial charge in [0.05, 0.1) is 15.9 Å². The van der Waals surface area contributed by atoms with Gasteiger partial charge in [-0.1, -0.05) is 35.3 Å². The number of nitrogens with one attached hydrogen (secondary N) is 2. The molecule has 3 heterocycles. The average Bonchev–Trinajstić information content (AvgIpc) is 3.32. The van der Waals surface area contributed by atoms with E-state index < -0.39 is 6.04 Å². The Labute approximate surface area is 180 Å². The maximum absolute atomic E-state index is 13.0. The zero-order valence-corrected chi connectivity index (χ0v) is 17.3. The van der Waals surface area contributed by atoms with Crippen molar-refractivity contribution in [1.82, 2.24) is 9.97 Å². The molecular formula is C21H14Cl2N4OS. The Kier molecular flexibility index (Phi) is 4.62. The molecule has 2 aromatic heterocycles. The van der Waals surface area contributed by atoms with Crippen LogP contribution in [0.5, 0.6) is 0 Å². The van der Waals surface area contributed by atoms with Gasteiger partial charge in [-0.15, -0.1) is 11.3 Å². The van der Waals surface area contributed by atoms with Crippen molar-refractivity contribution in [3.8, 4) is 10.6 Å². The SMILES string of the molecule is O=C(Nc1ccccc1-c1nc2ccncc2s1)C1Cc2c(Cl)cc(Cl)cc2N1. The lowest BCUT2D eigenvalue weighted by atomic mass is 10.1. The highest BCUT2D eigenvalue weighted by Crippen LogP contribution is 2.37. The number of carbonyl (C=O) groups is 1. The molecule has 0 saturated carbocycles. The van der Waals surface area contributed by atoms with Crippen molar-refractivity contribution in [2.24, 2.45) is 0 Å². The van der Waals surface area contributed by atoms with Gasteiger partial charge in [0.25, 0.3) is 0 Å². The molecule has 2 aromatic carbocycles. The number of nitrogens with zero attached hydrogens (tertiary/aromatic N) is 2. The first-order chi connectivity index (χ1) is 14.1. The number of carbonyl (C=O) groups excluding carboxylic acids is 1. The second kappa shape index (κ2) is 7.30. The molecule has 1 amide bonds. The number of halogens is 2. The fourth-order valence-electron chi connectivity index (χ4n) is 3.43. The van der Waals surface area contributed by atoms with Gasteiger partial charge in [0.2, 0.25) is 5.91 Å². The summed E-state index contributed by atoms with van der Waals surface area (Å²) in [6.45, 7) is 0. The van der Waals surface area contributed by atoms with E-state index in [9.17, 15) is 4.79 Å². The number of hydrogen-bond donors (Lipinski definition) is 2. The van der Waals surface area contributed by atoms with Crippen LogP contribution in [0.15, 0.2) is 54.9 Å². The number of anilines is 2. The van der Waals surface area contributed by atoms with Gasteiger partial charge in [-0.3, -0.25) is 9.78 Å². The topological polar surface area (TPSA) is 66.9 Å². The van der Waals surface area contributed by atoms with E-state index in [1.165, 1.54) is 0 Å². The molecule has 144 valence electrons. The van der Waals surface area contributed by atoms with Crippen LogP contribution in [0.4, 0.5) is 11.4 Å². The molecule has 1 aliphatic rings. The molecule has 1 unspecified atom stereocenters. The first kappa shape index (κ1) is 18.4. The Bertz CT molecular complexity index is 1220. The molecule has 0 fully saturated rings. The molecule has 2 N–H and O–H groups in total. The molecule has 0 radical (unpaired) electrons. The van der Waals surface area contributed by atoms with Gasteiger partial charge in [0.15, 0.2) is 0 Å². The molecule has 5 nitrogen and oxygen atoms in total. The summed E-state index contributed by atoms with van der Waals surface area (Å²) >= 11 is 13.9. The summed E-state index contributed by atoms with van der Waals surface area (Å²) in [5.41, 5.74) is 4.18. The number of para-hydroxylation sites is 1. The van der Waals surface area contributed by atoms with Crippen LogP contribution in [0.2, 0.25) is 10.0 Å². The number of aromatic nitrogens is 2. The summed E-state index contributed by atoms with van der Waals surface area (Å²) in [6, 6.07) is 12.6. The minimum absolute atomic E-state index is 0.136. The van der Waals surface area contributed by atoms with Gasteiger partial charge in [-0.25, -0.2) is 4.98 Å². The maximum atomic E-state index is 13.0. The number of hydrogen-bond acceptors (Lipinski definition) is 5. The van der Waals surface area contributed by atoms with E-state index >= 15 is 0 Å². The maximum Gasteiger partial charge on any atom is 0.247 e. The van der Waals surface area contributed by atoms with Gasteiger partial charge in [0, 0.05) is 40.1 Å². The van der Waals surface area contributed by atoms with E-state index in [4.69, 9.17) is 23.2 Å². The van der Waals surface area contributed by atoms with Crippen LogP contribution < -0.4 is 10.6 Å². The smallest absolute Gasteiger partial charge is 0.247 e. The molecule has 0 aliphatic carbocycles. The Morgan fingerprint density at radius 2 is 2.07 bits per heavy atom. The summed E-state index contributed by atoms with van der Waals surface area (Å²) in [5, 5.41) is 8.20. The highest BCUT2D eigenvalue weighted by molar-refractivity contribution is 7.21. The monoisotopic (exact) mass is 440 g/mol. The second-order valence-electron chi connectivity index (χ2n) is 6.71. The highest BCUT2D eigenvalue weighted by atomic mass is 35.5. The molecule has 29 heavy (non-hydrogen) atoms. The number of benzene rings is 2. The Morgan fingerprint density at radius 1 is 1.21 bits per heavy atom. The lowest BCUT2D eigenvalue weighted by Crippen LogP contribution is -2.32. The lowest BCUT2D eigenvalue weighted by Gasteiger charge is -2.14. The van der Waals surface area contributed by atoms with Crippen molar-refractivity contribution in [2.45, 2.75) is 12.5 Å². The molecule has 1 aliphatic heterocycles. The zero-order valence-electron chi connectivity index (χ0n) is 14.9. The lowest BCUT2D eigenvalue weighted by molar-refractivity contribution is -0.116. The van der Waals surface area contributed by atoms with E-state index in [0.717, 1.165) is 32.0 Å². The third-order valence-corrected chi connectivity index (χ3v) is 6.42. The van der Waals surface area contributed by atoms with Crippen molar-refractivity contribution in [1.29, 1.82) is 0 Å². The highest BCUT2D eigenvalue weighted by Gasteiger charge is 2.29. The van der Waals surface area contributed by atoms with Crippen molar-refractivity contribution in [3.63, 3.8) is 0 Å². The Hall–Kier alpha value is -2.67. The minimum atomic E-state index is -0.423. The van der Waals surface area contributed by atoms with Gasteiger partial charge >= 0.3 is 0 Å². The second-order valence-corrected chi connectivity index (χ2v) is 8.59. The van der Waals surface area contributed by atoms with Crippen LogP contribution in [0.25, 0.3) is 20.8 Å². The summed E-state index contributed by atoms with van der Waals surface area (Å²) in [5.74, 6) is -0.136. The van der Waals surface area contributed by atoms with E-state index in [1.54, 1.807) is 35.9 Å². The third-order valence-electron chi connectivity index (χ3n) is 4.82. The molecular weight excluding hydrogens is 427 g/mol. The van der Waals surface area contributed by atoms with E-state index in [0.29, 0.717) is 22.2 Å². The largest absolute Gasteiger partial charge is 0.373 e. The van der Waals surface area contributed by atoms with Crippen LogP contribution in [0.1, 0.15) is 5.56 Å². The van der Waals surface area contributed by atoms with Crippen molar-refractivity contribution in [3.05, 3.63) is 70.5 Å². The molecule has 5 rings (SSSR count). The molecule has 0 spiro atoms. The zero-order chi connectivity index (χ0) is 20.0. The fraction of sp³-hybridized carbons (Fsp3) is 0.0952. The number of pyridine rings is 1. The van der Waals surface area contributed by atoms with Crippen LogP contribution >= 0.6 is 34.5 Å². The van der Waals surface area contributed by atoms with Crippen molar-refractivity contribution >= 4 is 62.0 Å². The van der Waals surface area contributed by atoms with Crippen molar-refractivity contribution < 1.29 is 4.79 Å². The van der Waals surface area contributed by atoms with Crippen LogP contribution in [0.3, 0.4) is 0 Å². The summed E-state index contributed by atoms with van der Waals surface area (Å²) in [7, 11) is 0. The number of fused-ring (bicyclic) bond motifs is 2.